The van der Waals surface area contributed by atoms with Gasteiger partial charge < -0.3 is 15.4 Å². The van der Waals surface area contributed by atoms with Gasteiger partial charge in [-0.25, -0.2) is 0 Å². The maximum Gasteiger partial charge on any atom is 0.241 e. The molecular weight excluding hydrogens is 228 g/mol. The minimum Gasteiger partial charge on any atom is -0.489 e. The molecule has 1 aromatic carbocycles. The van der Waals surface area contributed by atoms with Crippen molar-refractivity contribution in [2.75, 3.05) is 11.9 Å². The van der Waals surface area contributed by atoms with Crippen LogP contribution in [-0.4, -0.2) is 24.6 Å². The molecule has 1 saturated heterocycles. The molecule has 1 fully saturated rings. The summed E-state index contributed by atoms with van der Waals surface area (Å²) in [6, 6.07) is 7.46. The van der Waals surface area contributed by atoms with Crippen molar-refractivity contribution in [1.29, 1.82) is 0 Å². The fourth-order valence-electron chi connectivity index (χ4n) is 2.05. The summed E-state index contributed by atoms with van der Waals surface area (Å²) >= 11 is 0. The first kappa shape index (κ1) is 12.9. The summed E-state index contributed by atoms with van der Waals surface area (Å²) in [5, 5.41) is 6.12. The molecule has 0 bridgehead atoms. The van der Waals surface area contributed by atoms with Gasteiger partial charge >= 0.3 is 0 Å². The Bertz CT molecular complexity index is 412. The zero-order chi connectivity index (χ0) is 13.0. The Kier molecular flexibility index (Phi) is 4.20. The van der Waals surface area contributed by atoms with Crippen molar-refractivity contribution in [2.24, 2.45) is 0 Å². The zero-order valence-corrected chi connectivity index (χ0v) is 10.9. The third-order valence-corrected chi connectivity index (χ3v) is 2.88. The van der Waals surface area contributed by atoms with E-state index < -0.39 is 0 Å². The molecule has 0 saturated carbocycles. The van der Waals surface area contributed by atoms with Crippen LogP contribution in [0, 0.1) is 0 Å². The molecule has 4 heteroatoms. The van der Waals surface area contributed by atoms with E-state index in [9.17, 15) is 4.79 Å². The van der Waals surface area contributed by atoms with Gasteiger partial charge in [0.1, 0.15) is 5.75 Å². The van der Waals surface area contributed by atoms with Crippen molar-refractivity contribution in [2.45, 2.75) is 38.8 Å². The number of ether oxygens (including phenoxy) is 1. The lowest BCUT2D eigenvalue weighted by molar-refractivity contribution is -0.117. The molecule has 1 aliphatic rings. The first-order valence-corrected chi connectivity index (χ1v) is 6.47. The number of carbonyl (C=O) groups excluding carboxylic acids is 1. The van der Waals surface area contributed by atoms with Crippen LogP contribution >= 0.6 is 0 Å². The van der Waals surface area contributed by atoms with E-state index in [0.29, 0.717) is 0 Å². The largest absolute Gasteiger partial charge is 0.489 e. The molecule has 1 atom stereocenters. The van der Waals surface area contributed by atoms with Crippen LogP contribution in [0.25, 0.3) is 0 Å². The number of anilines is 1. The number of rotatable bonds is 4. The Morgan fingerprint density at radius 3 is 2.89 bits per heavy atom. The third-order valence-electron chi connectivity index (χ3n) is 2.88. The lowest BCUT2D eigenvalue weighted by Gasteiger charge is -2.16. The summed E-state index contributed by atoms with van der Waals surface area (Å²) in [4.78, 5) is 12.0. The highest BCUT2D eigenvalue weighted by molar-refractivity contribution is 5.96. The van der Waals surface area contributed by atoms with Gasteiger partial charge in [0, 0.05) is 0 Å². The van der Waals surface area contributed by atoms with Gasteiger partial charge in [-0.2, -0.15) is 0 Å². The Labute approximate surface area is 108 Å². The predicted molar refractivity (Wildman–Crippen MR) is 71.9 cm³/mol. The molecule has 1 aromatic rings. The Morgan fingerprint density at radius 2 is 2.22 bits per heavy atom. The maximum atomic E-state index is 12.0. The molecule has 0 unspecified atom stereocenters. The minimum absolute atomic E-state index is 0.0207. The first-order valence-electron chi connectivity index (χ1n) is 6.47. The van der Waals surface area contributed by atoms with Crippen LogP contribution in [0.2, 0.25) is 0 Å². The van der Waals surface area contributed by atoms with Crippen molar-refractivity contribution >= 4 is 11.6 Å². The highest BCUT2D eigenvalue weighted by Crippen LogP contribution is 2.25. The molecule has 1 amide bonds. The van der Waals surface area contributed by atoms with Gasteiger partial charge in [0.15, 0.2) is 0 Å². The van der Waals surface area contributed by atoms with E-state index in [1.807, 2.05) is 38.1 Å². The summed E-state index contributed by atoms with van der Waals surface area (Å²) in [6.07, 6.45) is 2.05. The molecule has 0 aliphatic carbocycles. The van der Waals surface area contributed by atoms with E-state index in [-0.39, 0.29) is 18.1 Å². The van der Waals surface area contributed by atoms with Gasteiger partial charge in [-0.15, -0.1) is 0 Å². The predicted octanol–water partition coefficient (Wildman–Crippen LogP) is 2.16. The van der Waals surface area contributed by atoms with Gasteiger partial charge in [-0.3, -0.25) is 4.79 Å². The normalized spacial score (nSPS) is 18.9. The average Bonchev–Trinajstić information content (AvgIpc) is 2.84. The summed E-state index contributed by atoms with van der Waals surface area (Å²) in [7, 11) is 0. The van der Waals surface area contributed by atoms with Crippen molar-refractivity contribution in [3.63, 3.8) is 0 Å². The Morgan fingerprint density at radius 1 is 1.44 bits per heavy atom. The molecule has 2 N–H and O–H groups in total. The molecule has 2 rings (SSSR count). The second-order valence-corrected chi connectivity index (χ2v) is 4.80. The minimum atomic E-state index is -0.0721. The zero-order valence-electron chi connectivity index (χ0n) is 10.9. The summed E-state index contributed by atoms with van der Waals surface area (Å²) in [5.74, 6) is 0.742. The molecule has 0 radical (unpaired) electrons. The van der Waals surface area contributed by atoms with Crippen molar-refractivity contribution in [3.05, 3.63) is 24.3 Å². The van der Waals surface area contributed by atoms with Gasteiger partial charge in [0.2, 0.25) is 5.91 Å². The standard InChI is InChI=1S/C14H20N2O2/c1-10(2)18-13-8-4-3-6-11(13)16-14(17)12-7-5-9-15-12/h3-4,6,8,10,12,15H,5,7,9H2,1-2H3,(H,16,17)/t12-/m1/s1. The quantitative estimate of drug-likeness (QED) is 0.858. The Hall–Kier alpha value is -1.55. The van der Waals surface area contributed by atoms with E-state index in [2.05, 4.69) is 10.6 Å². The van der Waals surface area contributed by atoms with Crippen LogP contribution in [0.3, 0.4) is 0 Å². The summed E-state index contributed by atoms with van der Waals surface area (Å²) in [6.45, 7) is 4.86. The number of carbonyl (C=O) groups is 1. The maximum absolute atomic E-state index is 12.0. The fourth-order valence-corrected chi connectivity index (χ4v) is 2.05. The molecular formula is C14H20N2O2. The highest BCUT2D eigenvalue weighted by atomic mass is 16.5. The highest BCUT2D eigenvalue weighted by Gasteiger charge is 2.22. The van der Waals surface area contributed by atoms with Crippen LogP contribution in [0.4, 0.5) is 5.69 Å². The Balaban J connectivity index is 2.05. The van der Waals surface area contributed by atoms with Gasteiger partial charge in [-0.05, 0) is 45.4 Å². The van der Waals surface area contributed by atoms with Crippen LogP contribution in [0.15, 0.2) is 24.3 Å². The van der Waals surface area contributed by atoms with E-state index in [1.165, 1.54) is 0 Å². The van der Waals surface area contributed by atoms with Gasteiger partial charge in [0.05, 0.1) is 17.8 Å². The lowest BCUT2D eigenvalue weighted by Crippen LogP contribution is -2.35. The molecule has 98 valence electrons. The second-order valence-electron chi connectivity index (χ2n) is 4.80. The average molecular weight is 248 g/mol. The number of hydrogen-bond acceptors (Lipinski definition) is 3. The smallest absolute Gasteiger partial charge is 0.241 e. The number of para-hydroxylation sites is 2. The molecule has 1 heterocycles. The van der Waals surface area contributed by atoms with E-state index in [4.69, 9.17) is 4.74 Å². The number of hydrogen-bond donors (Lipinski definition) is 2. The van der Waals surface area contributed by atoms with Crippen LogP contribution in [-0.2, 0) is 4.79 Å². The third kappa shape index (κ3) is 3.23. The van der Waals surface area contributed by atoms with E-state index in [0.717, 1.165) is 30.8 Å². The van der Waals surface area contributed by atoms with Crippen LogP contribution in [0.1, 0.15) is 26.7 Å². The monoisotopic (exact) mass is 248 g/mol. The molecule has 1 aliphatic heterocycles. The van der Waals surface area contributed by atoms with Crippen LogP contribution in [0.5, 0.6) is 5.75 Å². The second kappa shape index (κ2) is 5.87. The molecule has 0 spiro atoms. The van der Waals surface area contributed by atoms with Crippen LogP contribution < -0.4 is 15.4 Å². The molecule has 0 aromatic heterocycles. The number of benzene rings is 1. The van der Waals surface area contributed by atoms with Gasteiger partial charge in [0.25, 0.3) is 0 Å². The lowest BCUT2D eigenvalue weighted by atomic mass is 10.2. The summed E-state index contributed by atoms with van der Waals surface area (Å²) < 4.78 is 5.67. The van der Waals surface area contributed by atoms with Gasteiger partial charge in [-0.1, -0.05) is 12.1 Å². The topological polar surface area (TPSA) is 50.4 Å². The molecule has 4 nitrogen and oxygen atoms in total. The van der Waals surface area contributed by atoms with E-state index >= 15 is 0 Å². The van der Waals surface area contributed by atoms with E-state index in [1.54, 1.807) is 0 Å². The number of amides is 1. The first-order chi connectivity index (χ1) is 8.66. The fraction of sp³-hybridized carbons (Fsp3) is 0.500. The molecule has 18 heavy (non-hydrogen) atoms. The van der Waals surface area contributed by atoms with Crippen molar-refractivity contribution in [1.82, 2.24) is 5.32 Å². The number of nitrogens with one attached hydrogen (secondary N) is 2. The van der Waals surface area contributed by atoms with Crippen molar-refractivity contribution in [3.8, 4) is 5.75 Å². The summed E-state index contributed by atoms with van der Waals surface area (Å²) in [5.41, 5.74) is 0.741. The SMILES string of the molecule is CC(C)Oc1ccccc1NC(=O)[C@H]1CCCN1. The van der Waals surface area contributed by atoms with Crippen molar-refractivity contribution < 1.29 is 9.53 Å².